The van der Waals surface area contributed by atoms with E-state index in [-0.39, 0.29) is 5.92 Å². The molecule has 0 radical (unpaired) electrons. The molecule has 1 aromatic carbocycles. The molecule has 0 saturated carbocycles. The van der Waals surface area contributed by atoms with Gasteiger partial charge >= 0.3 is 5.97 Å². The van der Waals surface area contributed by atoms with Gasteiger partial charge in [-0.25, -0.2) is 0 Å². The van der Waals surface area contributed by atoms with Crippen molar-refractivity contribution in [3.8, 4) is 5.75 Å². The second kappa shape index (κ2) is 7.79. The summed E-state index contributed by atoms with van der Waals surface area (Å²) < 4.78 is 5.22. The molecule has 19 heavy (non-hydrogen) atoms. The van der Waals surface area contributed by atoms with Crippen LogP contribution in [0.1, 0.15) is 24.5 Å². The van der Waals surface area contributed by atoms with Crippen LogP contribution in [0.3, 0.4) is 0 Å². The summed E-state index contributed by atoms with van der Waals surface area (Å²) in [7, 11) is 1.67. The number of carboxylic acid groups (broad SMARTS) is 1. The van der Waals surface area contributed by atoms with Gasteiger partial charge in [-0.1, -0.05) is 19.1 Å². The lowest BCUT2D eigenvalue weighted by molar-refractivity contribution is -0.141. The number of rotatable bonds is 8. The Morgan fingerprint density at radius 1 is 1.42 bits per heavy atom. The van der Waals surface area contributed by atoms with Gasteiger partial charge in [0, 0.05) is 0 Å². The fraction of sp³-hybridized carbons (Fsp3) is 0.533. The highest BCUT2D eigenvalue weighted by Crippen LogP contribution is 2.18. The first kappa shape index (κ1) is 15.5. The molecule has 0 saturated heterocycles. The molecule has 4 heteroatoms. The zero-order valence-corrected chi connectivity index (χ0v) is 11.9. The topological polar surface area (TPSA) is 58.6 Å². The summed E-state index contributed by atoms with van der Waals surface area (Å²) in [6.45, 7) is 5.36. The van der Waals surface area contributed by atoms with E-state index in [0.29, 0.717) is 6.42 Å². The quantitative estimate of drug-likeness (QED) is 0.708. The van der Waals surface area contributed by atoms with Gasteiger partial charge in [-0.15, -0.1) is 0 Å². The monoisotopic (exact) mass is 265 g/mol. The van der Waals surface area contributed by atoms with Crippen LogP contribution in [0, 0.1) is 12.8 Å². The van der Waals surface area contributed by atoms with E-state index in [0.717, 1.165) is 30.8 Å². The molecule has 0 aromatic heterocycles. The molecular formula is C15H23NO3. The van der Waals surface area contributed by atoms with E-state index in [1.54, 1.807) is 14.0 Å². The largest absolute Gasteiger partial charge is 0.496 e. The van der Waals surface area contributed by atoms with Gasteiger partial charge < -0.3 is 15.2 Å². The molecule has 1 rings (SSSR count). The number of nitrogens with one attached hydrogen (secondary N) is 1. The number of hydrogen-bond donors (Lipinski definition) is 2. The predicted molar refractivity (Wildman–Crippen MR) is 75.7 cm³/mol. The molecule has 2 N–H and O–H groups in total. The van der Waals surface area contributed by atoms with Crippen LogP contribution in [-0.2, 0) is 11.2 Å². The van der Waals surface area contributed by atoms with Crippen molar-refractivity contribution >= 4 is 5.97 Å². The zero-order chi connectivity index (χ0) is 14.3. The summed E-state index contributed by atoms with van der Waals surface area (Å²) in [5.41, 5.74) is 2.40. The van der Waals surface area contributed by atoms with Crippen LogP contribution in [-0.4, -0.2) is 31.3 Å². The van der Waals surface area contributed by atoms with Gasteiger partial charge in [0.15, 0.2) is 0 Å². The maximum Gasteiger partial charge on any atom is 0.306 e. The van der Waals surface area contributed by atoms with Crippen LogP contribution in [0.2, 0.25) is 0 Å². The molecule has 0 aliphatic carbocycles. The minimum atomic E-state index is -0.729. The van der Waals surface area contributed by atoms with Gasteiger partial charge in [-0.05, 0) is 50.0 Å². The number of ether oxygens (including phenoxy) is 1. The third-order valence-corrected chi connectivity index (χ3v) is 3.23. The molecule has 4 nitrogen and oxygen atoms in total. The number of aliphatic carboxylic acids is 1. The molecule has 0 bridgehead atoms. The lowest BCUT2D eigenvalue weighted by Crippen LogP contribution is -2.22. The van der Waals surface area contributed by atoms with E-state index in [4.69, 9.17) is 9.84 Å². The minimum absolute atomic E-state index is 0.282. The fourth-order valence-corrected chi connectivity index (χ4v) is 1.90. The van der Waals surface area contributed by atoms with Gasteiger partial charge in [0.25, 0.3) is 0 Å². The van der Waals surface area contributed by atoms with E-state index in [1.807, 2.05) is 13.0 Å². The highest BCUT2D eigenvalue weighted by atomic mass is 16.5. The summed E-state index contributed by atoms with van der Waals surface area (Å²) in [4.78, 5) is 10.6. The van der Waals surface area contributed by atoms with Gasteiger partial charge in [0.1, 0.15) is 5.75 Å². The Bertz CT molecular complexity index is 418. The molecular weight excluding hydrogens is 242 g/mol. The Labute approximate surface area is 114 Å². The van der Waals surface area contributed by atoms with E-state index in [9.17, 15) is 4.79 Å². The highest BCUT2D eigenvalue weighted by molar-refractivity contribution is 5.69. The maximum absolute atomic E-state index is 10.6. The van der Waals surface area contributed by atoms with Crippen molar-refractivity contribution in [1.82, 2.24) is 5.32 Å². The molecule has 0 fully saturated rings. The first-order valence-electron chi connectivity index (χ1n) is 6.61. The molecule has 1 aromatic rings. The number of aryl methyl sites for hydroxylation is 1. The first-order chi connectivity index (χ1) is 9.04. The number of methoxy groups -OCH3 is 1. The molecule has 0 spiro atoms. The normalized spacial score (nSPS) is 12.2. The van der Waals surface area contributed by atoms with Crippen LogP contribution >= 0.6 is 0 Å². The second-order valence-corrected chi connectivity index (χ2v) is 4.83. The summed E-state index contributed by atoms with van der Waals surface area (Å²) in [6.07, 6.45) is 1.60. The lowest BCUT2D eigenvalue weighted by Gasteiger charge is -2.09. The SMILES string of the molecule is COc1ccc(CCNCCC(C)C(=O)O)cc1C. The molecule has 0 aliphatic rings. The molecule has 0 heterocycles. The van der Waals surface area contributed by atoms with Crippen LogP contribution in [0.4, 0.5) is 0 Å². The fourth-order valence-electron chi connectivity index (χ4n) is 1.90. The van der Waals surface area contributed by atoms with Gasteiger partial charge in [0.2, 0.25) is 0 Å². The minimum Gasteiger partial charge on any atom is -0.496 e. The van der Waals surface area contributed by atoms with Crippen LogP contribution in [0.5, 0.6) is 5.75 Å². The maximum atomic E-state index is 10.6. The zero-order valence-electron chi connectivity index (χ0n) is 11.9. The van der Waals surface area contributed by atoms with Crippen molar-refractivity contribution in [2.45, 2.75) is 26.7 Å². The Morgan fingerprint density at radius 2 is 2.16 bits per heavy atom. The second-order valence-electron chi connectivity index (χ2n) is 4.83. The van der Waals surface area contributed by atoms with E-state index in [1.165, 1.54) is 5.56 Å². The number of carbonyl (C=O) groups is 1. The number of benzene rings is 1. The standard InChI is InChI=1S/C15H23NO3/c1-11(15(17)18)6-8-16-9-7-13-4-5-14(19-3)12(2)10-13/h4-5,10-11,16H,6-9H2,1-3H3,(H,17,18). The number of hydrogen-bond acceptors (Lipinski definition) is 3. The summed E-state index contributed by atoms with van der Waals surface area (Å²) in [5.74, 6) is -0.102. The van der Waals surface area contributed by atoms with Gasteiger partial charge in [0.05, 0.1) is 13.0 Å². The Kier molecular flexibility index (Phi) is 6.36. The molecule has 0 amide bonds. The molecule has 106 valence electrons. The third kappa shape index (κ3) is 5.30. The molecule has 0 aliphatic heterocycles. The van der Waals surface area contributed by atoms with Gasteiger partial charge in [-0.3, -0.25) is 4.79 Å². The molecule has 1 unspecified atom stereocenters. The van der Waals surface area contributed by atoms with E-state index >= 15 is 0 Å². The van der Waals surface area contributed by atoms with Gasteiger partial charge in [-0.2, -0.15) is 0 Å². The Hall–Kier alpha value is -1.55. The van der Waals surface area contributed by atoms with Crippen molar-refractivity contribution in [2.24, 2.45) is 5.92 Å². The average molecular weight is 265 g/mol. The van der Waals surface area contributed by atoms with E-state index < -0.39 is 5.97 Å². The lowest BCUT2D eigenvalue weighted by atomic mass is 10.1. The van der Waals surface area contributed by atoms with E-state index in [2.05, 4.69) is 17.4 Å². The first-order valence-corrected chi connectivity index (χ1v) is 6.61. The smallest absolute Gasteiger partial charge is 0.306 e. The Morgan fingerprint density at radius 3 is 2.74 bits per heavy atom. The summed E-state index contributed by atoms with van der Waals surface area (Å²) >= 11 is 0. The number of carboxylic acids is 1. The van der Waals surface area contributed by atoms with Crippen molar-refractivity contribution in [2.75, 3.05) is 20.2 Å². The summed E-state index contributed by atoms with van der Waals surface area (Å²) in [6, 6.07) is 6.17. The third-order valence-electron chi connectivity index (χ3n) is 3.23. The van der Waals surface area contributed by atoms with Crippen LogP contribution in [0.15, 0.2) is 18.2 Å². The molecule has 1 atom stereocenters. The van der Waals surface area contributed by atoms with Crippen molar-refractivity contribution in [1.29, 1.82) is 0 Å². The van der Waals surface area contributed by atoms with Crippen LogP contribution in [0.25, 0.3) is 0 Å². The van der Waals surface area contributed by atoms with Crippen molar-refractivity contribution < 1.29 is 14.6 Å². The highest BCUT2D eigenvalue weighted by Gasteiger charge is 2.09. The van der Waals surface area contributed by atoms with Crippen molar-refractivity contribution in [3.05, 3.63) is 29.3 Å². The van der Waals surface area contributed by atoms with Crippen molar-refractivity contribution in [3.63, 3.8) is 0 Å². The predicted octanol–water partition coefficient (Wildman–Crippen LogP) is 2.25. The summed E-state index contributed by atoms with van der Waals surface area (Å²) in [5, 5.41) is 12.0. The van der Waals surface area contributed by atoms with Crippen LogP contribution < -0.4 is 10.1 Å². The average Bonchev–Trinajstić information content (AvgIpc) is 2.38. The Balaban J connectivity index is 2.26.